The van der Waals surface area contributed by atoms with Crippen molar-refractivity contribution in [3.05, 3.63) is 59.7 Å². The maximum Gasteiger partial charge on any atom is 3.00 e. The number of benzene rings is 2. The zero-order valence-corrected chi connectivity index (χ0v) is 35.7. The molecule has 19 heteroatoms. The molecule has 0 bridgehead atoms. The van der Waals surface area contributed by atoms with Gasteiger partial charge in [0.1, 0.15) is 0 Å². The second-order valence-electron chi connectivity index (χ2n) is 11.0. The maximum absolute atomic E-state index is 11.4. The summed E-state index contributed by atoms with van der Waals surface area (Å²) in [6.07, 6.45) is 3.78. The van der Waals surface area contributed by atoms with Gasteiger partial charge in [0.05, 0.1) is 39.5 Å². The van der Waals surface area contributed by atoms with Crippen LogP contribution in [0.3, 0.4) is 0 Å². The van der Waals surface area contributed by atoms with Crippen LogP contribution in [0, 0.1) is 0 Å². The summed E-state index contributed by atoms with van der Waals surface area (Å²) in [4.78, 5) is 50.3. The molecule has 4 rings (SSSR count). The second kappa shape index (κ2) is 43.7. The molecule has 2 aromatic carbocycles. The third kappa shape index (κ3) is 42.0. The van der Waals surface area contributed by atoms with Gasteiger partial charge in [0, 0.05) is 75.6 Å². The van der Waals surface area contributed by atoms with Gasteiger partial charge in [-0.1, -0.05) is 76.2 Å². The van der Waals surface area contributed by atoms with E-state index in [0.29, 0.717) is 11.1 Å². The van der Waals surface area contributed by atoms with Crippen LogP contribution >= 0.6 is 0 Å². The van der Waals surface area contributed by atoms with E-state index >= 15 is 0 Å². The van der Waals surface area contributed by atoms with Gasteiger partial charge in [0.25, 0.3) is 0 Å². The molecule has 0 aromatic heterocycles. The summed E-state index contributed by atoms with van der Waals surface area (Å²) < 4.78 is 10.5. The third-order valence-electron chi connectivity index (χ3n) is 6.75. The number of carbonyl (C=O) groups is 4. The average molecular weight is 935 g/mol. The number of para-hydroxylation sites is 2. The van der Waals surface area contributed by atoms with Gasteiger partial charge < -0.3 is 59.3 Å². The molecule has 0 saturated carbocycles. The van der Waals surface area contributed by atoms with Crippen molar-refractivity contribution in [3.8, 4) is 11.5 Å². The van der Waals surface area contributed by atoms with Crippen LogP contribution < -0.4 is 30.6 Å². The van der Waals surface area contributed by atoms with Gasteiger partial charge in [0.2, 0.25) is 0 Å². The monoisotopic (exact) mass is 932 g/mol. The van der Waals surface area contributed by atoms with Crippen LogP contribution in [0.15, 0.2) is 58.5 Å². The van der Waals surface area contributed by atoms with E-state index in [1.54, 1.807) is 48.8 Å². The molecule has 57 heavy (non-hydrogen) atoms. The fourth-order valence-corrected chi connectivity index (χ4v) is 3.55. The number of ether oxygens (including phenoxy) is 2. The fourth-order valence-electron chi connectivity index (χ4n) is 3.55. The zero-order chi connectivity index (χ0) is 41.0. The zero-order valence-electron chi connectivity index (χ0n) is 32.7. The summed E-state index contributed by atoms with van der Waals surface area (Å²) in [5.41, 5.74) is 1.32. The Balaban J connectivity index is -0.000000209. The van der Waals surface area contributed by atoms with Gasteiger partial charge in [-0.3, -0.25) is 19.8 Å². The molecule has 2 aromatic rings. The van der Waals surface area contributed by atoms with Gasteiger partial charge in [-0.2, -0.15) is 0 Å². The average Bonchev–Trinajstić information content (AvgIpc) is 3.18. The predicted octanol–water partition coefficient (Wildman–Crippen LogP) is -2.40. The Morgan fingerprint density at radius 3 is 1.04 bits per heavy atom. The van der Waals surface area contributed by atoms with E-state index in [9.17, 15) is 49.8 Å². The molecule has 0 aliphatic carbocycles. The van der Waals surface area contributed by atoms with Crippen LogP contribution in [-0.2, 0) is 78.1 Å². The number of morpholine rings is 2. The van der Waals surface area contributed by atoms with Crippen LogP contribution in [0.4, 0.5) is 0 Å². The van der Waals surface area contributed by atoms with Crippen LogP contribution in [0.1, 0.15) is 64.5 Å². The summed E-state index contributed by atoms with van der Waals surface area (Å²) in [5, 5.41) is 59.8. The van der Waals surface area contributed by atoms with Crippen molar-refractivity contribution in [1.29, 1.82) is 0 Å². The minimum absolute atomic E-state index is 0. The van der Waals surface area contributed by atoms with Crippen molar-refractivity contribution in [2.45, 2.75) is 53.4 Å². The number of nitrogens with zero attached hydrogens (tertiary/aromatic N) is 4. The number of aliphatic imine (C=N–C) groups is 2. The maximum atomic E-state index is 11.4. The molecule has 0 N–H and O–H groups in total. The van der Waals surface area contributed by atoms with Gasteiger partial charge in [0.15, 0.2) is 0 Å². The second-order valence-corrected chi connectivity index (χ2v) is 11.0. The summed E-state index contributed by atoms with van der Waals surface area (Å²) in [6, 6.07) is 13.9. The van der Waals surface area contributed by atoms with E-state index in [-0.39, 0.29) is 86.7 Å². The quantitative estimate of drug-likeness (QED) is 0.159. The summed E-state index contributed by atoms with van der Waals surface area (Å²) in [5.74, 6) is -3.92. The number of carboxylic acid groups (broad SMARTS) is 4. The number of aliphatic carboxylic acids is 4. The molecule has 2 saturated heterocycles. The van der Waals surface area contributed by atoms with Crippen LogP contribution in [0.25, 0.3) is 0 Å². The van der Waals surface area contributed by atoms with Crippen molar-refractivity contribution < 1.29 is 109 Å². The van der Waals surface area contributed by atoms with E-state index in [1.807, 2.05) is 12.1 Å². The Morgan fingerprint density at radius 2 is 0.807 bits per heavy atom. The third-order valence-corrected chi connectivity index (χ3v) is 6.75. The van der Waals surface area contributed by atoms with Gasteiger partial charge in [-0.05, 0) is 36.8 Å². The molecule has 16 nitrogen and oxygen atoms in total. The minimum Gasteiger partial charge on any atom is -0.872 e. The minimum atomic E-state index is -0.995. The first-order chi connectivity index (χ1) is 25.8. The SMILES string of the molecule is CCC(=O)[O-].CCC(=O)[O-].CCC(=O)[O-].CCC(=O)[O-].[Ni+2].[Ni+3].[Ni+3].[O-]c1ccccc1C=NCCN1CCOCC1.[O-]c1ccccc1C=NCCN1CCOCC1. The molecule has 326 valence electrons. The number of hydrogen-bond acceptors (Lipinski definition) is 16. The van der Waals surface area contributed by atoms with Crippen molar-refractivity contribution >= 4 is 36.3 Å². The van der Waals surface area contributed by atoms with E-state index in [1.165, 1.54) is 27.7 Å². The van der Waals surface area contributed by atoms with Crippen molar-refractivity contribution in [2.75, 3.05) is 78.8 Å². The van der Waals surface area contributed by atoms with Gasteiger partial charge >= 0.3 is 49.5 Å². The van der Waals surface area contributed by atoms with Crippen LogP contribution in [-0.4, -0.2) is 125 Å². The van der Waals surface area contributed by atoms with Gasteiger partial charge in [-0.15, -0.1) is 11.5 Å². The van der Waals surface area contributed by atoms with E-state index in [0.717, 1.165) is 78.8 Å². The van der Waals surface area contributed by atoms with Crippen molar-refractivity contribution in [3.63, 3.8) is 0 Å². The smallest absolute Gasteiger partial charge is 0.872 e. The first kappa shape index (κ1) is 62.8. The molecule has 0 amide bonds. The Morgan fingerprint density at radius 1 is 0.561 bits per heavy atom. The largest absolute Gasteiger partial charge is 3.00 e. The summed E-state index contributed by atoms with van der Waals surface area (Å²) in [7, 11) is 0. The fraction of sp³-hybridized carbons (Fsp3) is 0.526. The molecular formula is C38H54N4Ni3O12+2. The molecule has 2 radical (unpaired) electrons. The number of carbonyl (C=O) groups excluding carboxylic acids is 4. The Bertz CT molecular complexity index is 1230. The van der Waals surface area contributed by atoms with E-state index in [4.69, 9.17) is 9.47 Å². The molecule has 0 spiro atoms. The standard InChI is InChI=1S/2C13H18N2O2.4C3H6O2.3Ni/c2*16-13-4-2-1-3-12(13)11-14-5-6-15-7-9-17-10-8-15;4*1-2-3(4)5;;;/h2*1-4,11,16H,5-10H2;4*2H2,1H3,(H,4,5);;;/q;;;;;;+2;2*+3/p-6. The van der Waals surface area contributed by atoms with Crippen molar-refractivity contribution in [2.24, 2.45) is 9.98 Å². The molecule has 0 atom stereocenters. The van der Waals surface area contributed by atoms with E-state index < -0.39 is 23.9 Å². The normalized spacial score (nSPS) is 13.1. The molecule has 2 heterocycles. The first-order valence-corrected chi connectivity index (χ1v) is 17.7. The molecule has 2 fully saturated rings. The number of hydrogen-bond donors (Lipinski definition) is 0. The van der Waals surface area contributed by atoms with Crippen LogP contribution in [0.2, 0.25) is 0 Å². The Labute approximate surface area is 366 Å². The summed E-state index contributed by atoms with van der Waals surface area (Å²) >= 11 is 0. The molecule has 2 aliphatic rings. The molecular weight excluding hydrogens is 881 g/mol. The molecule has 0 unspecified atom stereocenters. The summed E-state index contributed by atoms with van der Waals surface area (Å²) in [6.45, 7) is 16.6. The molecule has 2 aliphatic heterocycles. The topological polar surface area (TPSA) is 256 Å². The van der Waals surface area contributed by atoms with Crippen molar-refractivity contribution in [1.82, 2.24) is 9.80 Å². The van der Waals surface area contributed by atoms with Crippen LogP contribution in [0.5, 0.6) is 11.5 Å². The number of rotatable bonds is 12. The Kier molecular flexibility index (Phi) is 48.1. The Hall–Kier alpha value is -3.42. The first-order valence-electron chi connectivity index (χ1n) is 17.7. The van der Waals surface area contributed by atoms with E-state index in [2.05, 4.69) is 19.8 Å². The predicted molar refractivity (Wildman–Crippen MR) is 192 cm³/mol. The number of carboxylic acids is 4. The van der Waals surface area contributed by atoms with Gasteiger partial charge in [-0.25, -0.2) is 0 Å².